The number of tetrazole rings is 1. The first-order chi connectivity index (χ1) is 13.6. The second-order valence-corrected chi connectivity index (χ2v) is 7.48. The van der Waals surface area contributed by atoms with Crippen molar-refractivity contribution in [1.82, 2.24) is 30.2 Å². The number of benzene rings is 1. The number of Topliss-reactive ketones (excluding diaryl/α,β-unsaturated/α-hetero) is 1. The fraction of sp³-hybridized carbons (Fsp3) is 0.278. The van der Waals surface area contributed by atoms with Crippen molar-refractivity contribution >= 4 is 29.4 Å². The van der Waals surface area contributed by atoms with Gasteiger partial charge in [-0.1, -0.05) is 36.9 Å². The van der Waals surface area contributed by atoms with Crippen LogP contribution in [0.5, 0.6) is 0 Å². The third-order valence-electron chi connectivity index (χ3n) is 4.27. The van der Waals surface area contributed by atoms with E-state index in [0.717, 1.165) is 5.69 Å². The summed E-state index contributed by atoms with van der Waals surface area (Å²) in [5, 5.41) is 14.8. The van der Waals surface area contributed by atoms with Gasteiger partial charge in [0, 0.05) is 12.6 Å². The first-order valence-corrected chi connectivity index (χ1v) is 9.74. The van der Waals surface area contributed by atoms with Crippen LogP contribution >= 0.6 is 11.8 Å². The fourth-order valence-corrected chi connectivity index (χ4v) is 3.68. The largest absolute Gasteiger partial charge is 0.294 e. The second kappa shape index (κ2) is 7.85. The molecule has 0 saturated carbocycles. The molecule has 142 valence electrons. The molecule has 1 aliphatic rings. The van der Waals surface area contributed by atoms with Crippen LogP contribution in [0.2, 0.25) is 0 Å². The van der Waals surface area contributed by atoms with E-state index >= 15 is 0 Å². The molecule has 10 heteroatoms. The van der Waals surface area contributed by atoms with Gasteiger partial charge >= 0.3 is 0 Å². The van der Waals surface area contributed by atoms with E-state index in [-0.39, 0.29) is 29.3 Å². The molecule has 2 aromatic heterocycles. The standard InChI is InChI=1S/C18H17N7O2S/c1-11-7-14-13(15(26)8-11)9-19-17(20-14)21-16(27)10-28-18-22-23-24-25(18)12-5-3-2-4-6-12/h2-6,9,11H,7-8,10H2,1H3,(H,19,20,21,27). The minimum Gasteiger partial charge on any atom is -0.294 e. The number of thioether (sulfide) groups is 1. The number of hydrogen-bond donors (Lipinski definition) is 1. The number of hydrogen-bond acceptors (Lipinski definition) is 8. The summed E-state index contributed by atoms with van der Waals surface area (Å²) in [6.07, 6.45) is 2.71. The number of amides is 1. The number of nitrogens with one attached hydrogen (secondary N) is 1. The first kappa shape index (κ1) is 18.2. The van der Waals surface area contributed by atoms with E-state index < -0.39 is 0 Å². The number of fused-ring (bicyclic) bond motifs is 1. The molecule has 1 N–H and O–H groups in total. The van der Waals surface area contributed by atoms with Crippen LogP contribution in [0.25, 0.3) is 5.69 Å². The van der Waals surface area contributed by atoms with Gasteiger partial charge in [0.1, 0.15) is 0 Å². The van der Waals surface area contributed by atoms with Gasteiger partial charge in [0.2, 0.25) is 17.0 Å². The fourth-order valence-electron chi connectivity index (χ4n) is 2.99. The molecule has 1 atom stereocenters. The van der Waals surface area contributed by atoms with Gasteiger partial charge in [-0.05, 0) is 34.9 Å². The zero-order valence-electron chi connectivity index (χ0n) is 15.1. The predicted octanol–water partition coefficient (Wildman–Crippen LogP) is 1.95. The molecule has 9 nitrogen and oxygen atoms in total. The Morgan fingerprint density at radius 2 is 2.11 bits per heavy atom. The lowest BCUT2D eigenvalue weighted by Gasteiger charge is -2.19. The quantitative estimate of drug-likeness (QED) is 0.652. The SMILES string of the molecule is CC1CC(=O)c2cnc(NC(=O)CSc3nnnn3-c3ccccc3)nc2C1. The van der Waals surface area contributed by atoms with Crippen LogP contribution in [0.1, 0.15) is 29.4 Å². The van der Waals surface area contributed by atoms with Crippen molar-refractivity contribution < 1.29 is 9.59 Å². The molecule has 1 aromatic carbocycles. The average Bonchev–Trinajstić information content (AvgIpc) is 3.15. The Hall–Kier alpha value is -3.14. The molecule has 0 aliphatic heterocycles. The molecular formula is C18H17N7O2S. The van der Waals surface area contributed by atoms with Crippen LogP contribution in [0, 0.1) is 5.92 Å². The van der Waals surface area contributed by atoms with Gasteiger partial charge in [0.15, 0.2) is 5.78 Å². The van der Waals surface area contributed by atoms with Crippen LogP contribution in [0.4, 0.5) is 5.95 Å². The Morgan fingerprint density at radius 3 is 2.93 bits per heavy atom. The maximum atomic E-state index is 12.3. The zero-order valence-corrected chi connectivity index (χ0v) is 15.9. The van der Waals surface area contributed by atoms with E-state index in [2.05, 4.69) is 30.8 Å². The molecule has 0 fully saturated rings. The lowest BCUT2D eigenvalue weighted by Crippen LogP contribution is -2.22. The van der Waals surface area contributed by atoms with Crippen LogP contribution < -0.4 is 5.32 Å². The molecule has 1 aliphatic carbocycles. The van der Waals surface area contributed by atoms with Crippen LogP contribution in [-0.4, -0.2) is 47.6 Å². The molecule has 1 unspecified atom stereocenters. The van der Waals surface area contributed by atoms with Crippen LogP contribution in [0.3, 0.4) is 0 Å². The highest BCUT2D eigenvalue weighted by Crippen LogP contribution is 2.24. The number of carbonyl (C=O) groups excluding carboxylic acids is 2. The summed E-state index contributed by atoms with van der Waals surface area (Å²) in [7, 11) is 0. The maximum absolute atomic E-state index is 12.3. The van der Waals surface area contributed by atoms with E-state index in [1.165, 1.54) is 18.0 Å². The molecule has 3 aromatic rings. The number of nitrogens with zero attached hydrogens (tertiary/aromatic N) is 6. The smallest absolute Gasteiger partial charge is 0.237 e. The third kappa shape index (κ3) is 3.91. The van der Waals surface area contributed by atoms with Crippen molar-refractivity contribution in [3.8, 4) is 5.69 Å². The summed E-state index contributed by atoms with van der Waals surface area (Å²) in [4.78, 5) is 32.8. The Labute approximate surface area is 165 Å². The number of rotatable bonds is 5. The molecule has 4 rings (SSSR count). The first-order valence-electron chi connectivity index (χ1n) is 8.75. The molecule has 0 radical (unpaired) electrons. The molecular weight excluding hydrogens is 378 g/mol. The number of ketones is 1. The number of carbonyl (C=O) groups is 2. The van der Waals surface area contributed by atoms with Gasteiger partial charge in [0.05, 0.1) is 22.7 Å². The topological polar surface area (TPSA) is 116 Å². The van der Waals surface area contributed by atoms with E-state index in [1.54, 1.807) is 4.68 Å². The summed E-state index contributed by atoms with van der Waals surface area (Å²) >= 11 is 1.21. The molecule has 0 spiro atoms. The van der Waals surface area contributed by atoms with E-state index in [9.17, 15) is 9.59 Å². The van der Waals surface area contributed by atoms with Crippen molar-refractivity contribution in [2.24, 2.45) is 5.92 Å². The summed E-state index contributed by atoms with van der Waals surface area (Å²) in [5.41, 5.74) is 2.05. The predicted molar refractivity (Wildman–Crippen MR) is 102 cm³/mol. The van der Waals surface area contributed by atoms with Gasteiger partial charge in [-0.25, -0.2) is 9.97 Å². The Balaban J connectivity index is 1.40. The number of anilines is 1. The van der Waals surface area contributed by atoms with Gasteiger partial charge < -0.3 is 0 Å². The van der Waals surface area contributed by atoms with Crippen molar-refractivity contribution in [3.63, 3.8) is 0 Å². The van der Waals surface area contributed by atoms with Gasteiger partial charge in [-0.15, -0.1) is 5.10 Å². The third-order valence-corrected chi connectivity index (χ3v) is 5.19. The van der Waals surface area contributed by atoms with Gasteiger partial charge in [0.25, 0.3) is 0 Å². The van der Waals surface area contributed by atoms with E-state index in [1.807, 2.05) is 37.3 Å². The normalized spacial score (nSPS) is 15.9. The monoisotopic (exact) mass is 395 g/mol. The lowest BCUT2D eigenvalue weighted by atomic mass is 9.88. The van der Waals surface area contributed by atoms with Crippen LogP contribution in [-0.2, 0) is 11.2 Å². The Kier molecular flexibility index (Phi) is 5.11. The summed E-state index contributed by atoms with van der Waals surface area (Å²) in [5.74, 6) is 0.320. The van der Waals surface area contributed by atoms with Crippen molar-refractivity contribution in [2.45, 2.75) is 24.9 Å². The molecule has 28 heavy (non-hydrogen) atoms. The van der Waals surface area contributed by atoms with Crippen molar-refractivity contribution in [2.75, 3.05) is 11.1 Å². The molecule has 0 bridgehead atoms. The highest BCUT2D eigenvalue weighted by atomic mass is 32.2. The minimum atomic E-state index is -0.275. The lowest BCUT2D eigenvalue weighted by molar-refractivity contribution is -0.113. The zero-order chi connectivity index (χ0) is 19.5. The highest BCUT2D eigenvalue weighted by molar-refractivity contribution is 7.99. The molecule has 2 heterocycles. The van der Waals surface area contributed by atoms with Crippen LogP contribution in [0.15, 0.2) is 41.7 Å². The summed E-state index contributed by atoms with van der Waals surface area (Å²) in [6.45, 7) is 2.01. The molecule has 0 saturated heterocycles. The number of aromatic nitrogens is 6. The van der Waals surface area contributed by atoms with E-state index in [4.69, 9.17) is 0 Å². The summed E-state index contributed by atoms with van der Waals surface area (Å²) in [6, 6.07) is 9.43. The summed E-state index contributed by atoms with van der Waals surface area (Å²) < 4.78 is 1.57. The number of para-hydroxylation sites is 1. The Morgan fingerprint density at radius 1 is 1.29 bits per heavy atom. The molecule has 1 amide bonds. The van der Waals surface area contributed by atoms with Crippen molar-refractivity contribution in [3.05, 3.63) is 47.8 Å². The minimum absolute atomic E-state index is 0.0509. The average molecular weight is 395 g/mol. The van der Waals surface area contributed by atoms with E-state index in [0.29, 0.717) is 29.3 Å². The van der Waals surface area contributed by atoms with Crippen molar-refractivity contribution in [1.29, 1.82) is 0 Å². The second-order valence-electron chi connectivity index (χ2n) is 6.54. The Bertz CT molecular complexity index is 1020. The maximum Gasteiger partial charge on any atom is 0.237 e. The van der Waals surface area contributed by atoms with Gasteiger partial charge in [-0.2, -0.15) is 4.68 Å². The van der Waals surface area contributed by atoms with Gasteiger partial charge in [-0.3, -0.25) is 14.9 Å². The highest BCUT2D eigenvalue weighted by Gasteiger charge is 2.24.